The molecule has 0 atom stereocenters. The van der Waals surface area contributed by atoms with Gasteiger partial charge in [0.05, 0.1) is 21.3 Å². The quantitative estimate of drug-likeness (QED) is 0.584. The van der Waals surface area contributed by atoms with Crippen molar-refractivity contribution in [1.82, 2.24) is 0 Å². The lowest BCUT2D eigenvalue weighted by atomic mass is 10.2. The van der Waals surface area contributed by atoms with Gasteiger partial charge in [-0.2, -0.15) is 0 Å². The van der Waals surface area contributed by atoms with Gasteiger partial charge in [0.2, 0.25) is 0 Å². The highest BCUT2D eigenvalue weighted by molar-refractivity contribution is 14.1. The summed E-state index contributed by atoms with van der Waals surface area (Å²) in [5, 5.41) is 0. The third kappa shape index (κ3) is 3.32. The zero-order valence-corrected chi connectivity index (χ0v) is 14.6. The number of sulfonamides is 1. The van der Waals surface area contributed by atoms with E-state index >= 15 is 0 Å². The zero-order chi connectivity index (χ0) is 16.5. The fraction of sp³-hybridized carbons (Fsp3) is 0.143. The summed E-state index contributed by atoms with van der Waals surface area (Å²) in [6.07, 6.45) is 0. The van der Waals surface area contributed by atoms with Crippen LogP contribution in [0.15, 0.2) is 35.2 Å². The van der Waals surface area contributed by atoms with E-state index < -0.39 is 21.7 Å². The van der Waals surface area contributed by atoms with E-state index in [2.05, 4.69) is 4.72 Å². The molecule has 2 aromatic rings. The summed E-state index contributed by atoms with van der Waals surface area (Å²) in [6.45, 7) is 1.69. The summed E-state index contributed by atoms with van der Waals surface area (Å²) in [7, 11) is -2.51. The number of methoxy groups -OCH3 is 1. The molecule has 0 aliphatic rings. The van der Waals surface area contributed by atoms with Crippen molar-refractivity contribution < 1.29 is 21.9 Å². The largest absolute Gasteiger partial charge is 0.496 e. The van der Waals surface area contributed by atoms with Crippen molar-refractivity contribution in [1.29, 1.82) is 0 Å². The van der Waals surface area contributed by atoms with Crippen LogP contribution < -0.4 is 9.46 Å². The van der Waals surface area contributed by atoms with E-state index in [4.69, 9.17) is 4.74 Å². The fourth-order valence-electron chi connectivity index (χ4n) is 1.83. The number of hydrogen-bond donors (Lipinski definition) is 1. The van der Waals surface area contributed by atoms with E-state index in [0.29, 0.717) is 11.3 Å². The highest BCUT2D eigenvalue weighted by atomic mass is 127. The summed E-state index contributed by atoms with van der Waals surface area (Å²) >= 11 is 1.47. The molecule has 0 aromatic heterocycles. The minimum atomic E-state index is -3.98. The van der Waals surface area contributed by atoms with Crippen molar-refractivity contribution in [3.05, 3.63) is 51.1 Å². The lowest BCUT2D eigenvalue weighted by Crippen LogP contribution is -2.15. The average Bonchev–Trinajstić information content (AvgIpc) is 2.48. The van der Waals surface area contributed by atoms with Crippen LogP contribution >= 0.6 is 22.6 Å². The first kappa shape index (κ1) is 16.9. The minimum absolute atomic E-state index is 0.0375. The molecule has 4 nitrogen and oxygen atoms in total. The molecule has 2 rings (SSSR count). The molecular formula is C14H12F2INO3S. The van der Waals surface area contributed by atoms with E-state index in [-0.39, 0.29) is 14.2 Å². The van der Waals surface area contributed by atoms with Gasteiger partial charge in [0.1, 0.15) is 11.6 Å². The van der Waals surface area contributed by atoms with Crippen molar-refractivity contribution in [2.24, 2.45) is 0 Å². The standard InChI is InChI=1S/C14H12F2INO3S/c1-8-7-9(3-6-12(8)21-2)22(19,20)18-11-5-4-10(15)14(17)13(11)16/h3-7,18H,1-2H3. The van der Waals surface area contributed by atoms with Crippen molar-refractivity contribution in [3.8, 4) is 5.75 Å². The second-order valence-electron chi connectivity index (χ2n) is 4.46. The Labute approximate surface area is 140 Å². The second kappa shape index (κ2) is 6.37. The van der Waals surface area contributed by atoms with Gasteiger partial charge in [-0.3, -0.25) is 4.72 Å². The predicted octanol–water partition coefficient (Wildman–Crippen LogP) is 3.69. The van der Waals surface area contributed by atoms with Crippen LogP contribution in [0.1, 0.15) is 5.56 Å². The van der Waals surface area contributed by atoms with Gasteiger partial charge in [0.15, 0.2) is 5.82 Å². The third-order valence-corrected chi connectivity index (χ3v) is 5.31. The van der Waals surface area contributed by atoms with Crippen molar-refractivity contribution in [2.45, 2.75) is 11.8 Å². The average molecular weight is 439 g/mol. The maximum Gasteiger partial charge on any atom is 0.262 e. The molecule has 118 valence electrons. The van der Waals surface area contributed by atoms with E-state index in [9.17, 15) is 17.2 Å². The molecule has 2 aromatic carbocycles. The van der Waals surface area contributed by atoms with E-state index in [1.54, 1.807) is 6.92 Å². The monoisotopic (exact) mass is 439 g/mol. The summed E-state index contributed by atoms with van der Waals surface area (Å²) in [4.78, 5) is -0.0375. The van der Waals surface area contributed by atoms with Gasteiger partial charge in [0.25, 0.3) is 10.0 Å². The number of anilines is 1. The molecule has 22 heavy (non-hydrogen) atoms. The molecule has 8 heteroatoms. The Balaban J connectivity index is 2.40. The Kier molecular flexibility index (Phi) is 4.90. The third-order valence-electron chi connectivity index (χ3n) is 2.96. The van der Waals surface area contributed by atoms with Crippen LogP contribution in [0.25, 0.3) is 0 Å². The van der Waals surface area contributed by atoms with E-state index in [0.717, 1.165) is 12.1 Å². The lowest BCUT2D eigenvalue weighted by molar-refractivity contribution is 0.411. The molecule has 0 aliphatic carbocycles. The van der Waals surface area contributed by atoms with Gasteiger partial charge in [-0.15, -0.1) is 0 Å². The number of benzene rings is 2. The predicted molar refractivity (Wildman–Crippen MR) is 87.6 cm³/mol. The number of ether oxygens (including phenoxy) is 1. The topological polar surface area (TPSA) is 55.4 Å². The fourth-order valence-corrected chi connectivity index (χ4v) is 3.44. The molecule has 0 bridgehead atoms. The van der Waals surface area contributed by atoms with Gasteiger partial charge in [-0.1, -0.05) is 0 Å². The number of hydrogen-bond acceptors (Lipinski definition) is 3. The molecule has 0 heterocycles. The van der Waals surface area contributed by atoms with Gasteiger partial charge >= 0.3 is 0 Å². The highest BCUT2D eigenvalue weighted by Crippen LogP contribution is 2.26. The van der Waals surface area contributed by atoms with Gasteiger partial charge in [-0.25, -0.2) is 17.2 Å². The van der Waals surface area contributed by atoms with Gasteiger partial charge in [0, 0.05) is 0 Å². The molecule has 1 N–H and O–H groups in total. The van der Waals surface area contributed by atoms with Crippen LogP contribution in [0.2, 0.25) is 0 Å². The van der Waals surface area contributed by atoms with Crippen LogP contribution in [0.5, 0.6) is 5.75 Å². The molecular weight excluding hydrogens is 427 g/mol. The first-order chi connectivity index (χ1) is 10.3. The molecule has 0 saturated carbocycles. The minimum Gasteiger partial charge on any atom is -0.496 e. The summed E-state index contributed by atoms with van der Waals surface area (Å²) in [5.41, 5.74) is 0.318. The Morgan fingerprint density at radius 1 is 1.18 bits per heavy atom. The van der Waals surface area contributed by atoms with Gasteiger partial charge < -0.3 is 4.74 Å². The SMILES string of the molecule is COc1ccc(S(=O)(=O)Nc2ccc(F)c(I)c2F)cc1C. The zero-order valence-electron chi connectivity index (χ0n) is 11.7. The summed E-state index contributed by atoms with van der Waals surface area (Å²) in [6, 6.07) is 6.31. The first-order valence-electron chi connectivity index (χ1n) is 6.07. The van der Waals surface area contributed by atoms with Crippen LogP contribution in [0.4, 0.5) is 14.5 Å². The molecule has 0 saturated heterocycles. The Hall–Kier alpha value is -1.42. The smallest absolute Gasteiger partial charge is 0.262 e. The Morgan fingerprint density at radius 2 is 1.86 bits per heavy atom. The Bertz CT molecular complexity index is 825. The molecule has 0 amide bonds. The maximum absolute atomic E-state index is 13.9. The summed E-state index contributed by atoms with van der Waals surface area (Å²) < 4.78 is 58.6. The normalized spacial score (nSPS) is 11.3. The second-order valence-corrected chi connectivity index (χ2v) is 7.22. The molecule has 0 unspecified atom stereocenters. The highest BCUT2D eigenvalue weighted by Gasteiger charge is 2.19. The van der Waals surface area contributed by atoms with Gasteiger partial charge in [-0.05, 0) is 65.4 Å². The van der Waals surface area contributed by atoms with Crippen molar-refractivity contribution in [2.75, 3.05) is 11.8 Å². The van der Waals surface area contributed by atoms with E-state index in [1.807, 2.05) is 0 Å². The van der Waals surface area contributed by atoms with Crippen molar-refractivity contribution in [3.63, 3.8) is 0 Å². The molecule has 0 fully saturated rings. The molecule has 0 radical (unpaired) electrons. The van der Waals surface area contributed by atoms with E-state index in [1.165, 1.54) is 47.9 Å². The van der Waals surface area contributed by atoms with Crippen LogP contribution in [-0.2, 0) is 10.0 Å². The molecule has 0 aliphatic heterocycles. The van der Waals surface area contributed by atoms with Crippen LogP contribution in [-0.4, -0.2) is 15.5 Å². The maximum atomic E-state index is 13.9. The number of nitrogens with one attached hydrogen (secondary N) is 1. The number of rotatable bonds is 4. The van der Waals surface area contributed by atoms with Crippen molar-refractivity contribution >= 4 is 38.3 Å². The Morgan fingerprint density at radius 3 is 2.45 bits per heavy atom. The molecule has 0 spiro atoms. The number of halogens is 3. The summed E-state index contributed by atoms with van der Waals surface area (Å²) in [5.74, 6) is -1.16. The van der Waals surface area contributed by atoms with Crippen LogP contribution in [0, 0.1) is 22.1 Å². The lowest BCUT2D eigenvalue weighted by Gasteiger charge is -2.12. The number of aryl methyl sites for hydroxylation is 1. The van der Waals surface area contributed by atoms with Crippen LogP contribution in [0.3, 0.4) is 0 Å². The first-order valence-corrected chi connectivity index (χ1v) is 8.63.